The third-order valence-corrected chi connectivity index (χ3v) is 16.2. The highest BCUT2D eigenvalue weighted by Gasteiger charge is 2.91. The molecule has 1 aromatic carbocycles. The van der Waals surface area contributed by atoms with Crippen molar-refractivity contribution in [1.29, 1.82) is 0 Å². The van der Waals surface area contributed by atoms with Crippen molar-refractivity contribution in [1.82, 2.24) is 4.90 Å². The number of nitrogens with zero attached hydrogens (tertiary/aromatic N) is 1. The van der Waals surface area contributed by atoms with Crippen LogP contribution in [0.5, 0.6) is 0 Å². The van der Waals surface area contributed by atoms with E-state index in [0.717, 1.165) is 57.9 Å². The Morgan fingerprint density at radius 2 is 1.56 bits per heavy atom. The number of aliphatic hydroxyl groups is 2. The summed E-state index contributed by atoms with van der Waals surface area (Å²) in [6.07, 6.45) is 14.3. The van der Waals surface area contributed by atoms with Crippen LogP contribution in [-0.4, -0.2) is 123 Å². The van der Waals surface area contributed by atoms with Crippen LogP contribution < -0.4 is 0 Å². The first-order valence-corrected chi connectivity index (χ1v) is 23.0. The second-order valence-corrected chi connectivity index (χ2v) is 18.8. The van der Waals surface area contributed by atoms with Gasteiger partial charge in [-0.3, -0.25) is 9.69 Å². The SMILES string of the molecule is CCCCCC/C=C\CCCCCCCC(=O)O[C@]12[C@H]3[C@@H](OC(=O)c4ccccc4)[C@](O)(C[C@H]3[C@@]34C5[C@@H]1[C@H](OC)[C@@H]3[C@@](COC)(CC[C@@H]4OC)CN5CC)[C@@H](OC)[C@@H]2O. The Labute approximate surface area is 352 Å². The van der Waals surface area contributed by atoms with Crippen molar-refractivity contribution in [2.45, 2.75) is 158 Å². The second-order valence-electron chi connectivity index (χ2n) is 18.8. The van der Waals surface area contributed by atoms with Gasteiger partial charge >= 0.3 is 11.9 Å². The molecule has 2 N–H and O–H groups in total. The van der Waals surface area contributed by atoms with Gasteiger partial charge in [0.05, 0.1) is 24.4 Å². The summed E-state index contributed by atoms with van der Waals surface area (Å²) in [7, 11) is 6.72. The molecule has 7 rings (SSSR count). The summed E-state index contributed by atoms with van der Waals surface area (Å²) in [6, 6.07) is 8.54. The number of carbonyl (C=O) groups excluding carboxylic acids is 2. The van der Waals surface area contributed by atoms with Crippen LogP contribution in [0.15, 0.2) is 42.5 Å². The number of aliphatic hydroxyl groups excluding tert-OH is 1. The van der Waals surface area contributed by atoms with Gasteiger partial charge in [-0.25, -0.2) is 4.79 Å². The summed E-state index contributed by atoms with van der Waals surface area (Å²) in [5.41, 5.74) is -3.98. The highest BCUT2D eigenvalue weighted by Crippen LogP contribution is 2.80. The van der Waals surface area contributed by atoms with Crippen molar-refractivity contribution in [3.8, 4) is 0 Å². The van der Waals surface area contributed by atoms with E-state index in [1.807, 2.05) is 6.07 Å². The monoisotopic (exact) mass is 824 g/mol. The van der Waals surface area contributed by atoms with Gasteiger partial charge in [0.15, 0.2) is 5.60 Å². The molecular formula is C48H73NO10. The Morgan fingerprint density at radius 1 is 0.864 bits per heavy atom. The Kier molecular flexibility index (Phi) is 14.0. The number of likely N-dealkylation sites (tertiary alicyclic amines) is 1. The van der Waals surface area contributed by atoms with E-state index in [0.29, 0.717) is 25.1 Å². The quantitative estimate of drug-likeness (QED) is 0.0718. The van der Waals surface area contributed by atoms with Gasteiger partial charge in [-0.2, -0.15) is 0 Å². The van der Waals surface area contributed by atoms with Gasteiger partial charge in [0.25, 0.3) is 0 Å². The first-order chi connectivity index (χ1) is 28.6. The highest BCUT2D eigenvalue weighted by atomic mass is 16.6. The molecule has 7 bridgehead atoms. The van der Waals surface area contributed by atoms with Crippen LogP contribution >= 0.6 is 0 Å². The molecule has 1 aliphatic heterocycles. The van der Waals surface area contributed by atoms with E-state index >= 15 is 0 Å². The van der Waals surface area contributed by atoms with E-state index in [9.17, 15) is 19.8 Å². The summed E-state index contributed by atoms with van der Waals surface area (Å²) < 4.78 is 39.0. The summed E-state index contributed by atoms with van der Waals surface area (Å²) in [4.78, 5) is 31.1. The van der Waals surface area contributed by atoms with Crippen molar-refractivity contribution in [2.75, 3.05) is 48.1 Å². The number of esters is 2. The number of methoxy groups -OCH3 is 4. The molecule has 0 radical (unpaired) electrons. The molecular weight excluding hydrogens is 751 g/mol. The minimum absolute atomic E-state index is 0.112. The topological polar surface area (TPSA) is 133 Å². The van der Waals surface area contributed by atoms with Crippen LogP contribution in [0.1, 0.15) is 121 Å². The molecule has 0 amide bonds. The van der Waals surface area contributed by atoms with Crippen LogP contribution in [-0.2, 0) is 33.2 Å². The molecule has 14 atom stereocenters. The predicted octanol–water partition coefficient (Wildman–Crippen LogP) is 6.91. The Morgan fingerprint density at radius 3 is 2.20 bits per heavy atom. The van der Waals surface area contributed by atoms with Crippen molar-refractivity contribution < 1.29 is 48.2 Å². The van der Waals surface area contributed by atoms with E-state index in [-0.39, 0.29) is 36.3 Å². The van der Waals surface area contributed by atoms with Crippen LogP contribution in [0, 0.1) is 34.5 Å². The van der Waals surface area contributed by atoms with E-state index in [2.05, 4.69) is 30.9 Å². The maximum absolute atomic E-state index is 14.5. The number of fused-ring (bicyclic) bond motifs is 2. The predicted molar refractivity (Wildman–Crippen MR) is 224 cm³/mol. The number of unbranched alkanes of at least 4 members (excludes halogenated alkanes) is 9. The van der Waals surface area contributed by atoms with E-state index < -0.39 is 70.7 Å². The first kappa shape index (κ1) is 44.7. The molecule has 1 aromatic rings. The highest BCUT2D eigenvalue weighted by molar-refractivity contribution is 5.89. The Bertz CT molecular complexity index is 1610. The summed E-state index contributed by atoms with van der Waals surface area (Å²) in [6.45, 7) is 6.38. The van der Waals surface area contributed by atoms with Crippen molar-refractivity contribution >= 4 is 11.9 Å². The number of hydrogen-bond acceptors (Lipinski definition) is 11. The molecule has 59 heavy (non-hydrogen) atoms. The minimum Gasteiger partial charge on any atom is -0.455 e. The number of allylic oxidation sites excluding steroid dienone is 2. The number of carbonyl (C=O) groups is 2. The lowest BCUT2D eigenvalue weighted by Gasteiger charge is -2.69. The van der Waals surface area contributed by atoms with Gasteiger partial charge in [0.1, 0.15) is 23.9 Å². The second kappa shape index (κ2) is 18.5. The molecule has 6 fully saturated rings. The average Bonchev–Trinajstić information content (AvgIpc) is 3.62. The standard InChI is InChI=1S/C48H73NO10/c1-7-9-10-11-12-13-14-15-16-17-18-19-23-26-35(50)59-48-36-33(29-46(53,43(57-6)41(48)51)42(36)58-44(52)32-24-21-20-22-25-32)47-34(55-4)27-28-45(31-54-3)30-49(8-2)40(47)37(48)38(56-5)39(45)47/h13-14,20-22,24-25,33-34,36-43,51,53H,7-12,15-19,23,26-31H2,1-6H3/b14-13-/t33-,34+,36-,37+,38+,39-,40?,41+,42-,43+,45+,46-,47+,48-/m1/s1. The van der Waals surface area contributed by atoms with E-state index in [1.165, 1.54) is 32.8 Å². The molecule has 1 spiro atoms. The molecule has 5 saturated carbocycles. The fourth-order valence-corrected chi connectivity index (χ4v) is 14.3. The molecule has 11 nitrogen and oxygen atoms in total. The Balaban J connectivity index is 1.23. The minimum atomic E-state index is -1.78. The lowest BCUT2D eigenvalue weighted by atomic mass is 9.43. The Hall–Kier alpha value is -2.38. The van der Waals surface area contributed by atoms with E-state index in [1.54, 1.807) is 45.6 Å². The maximum atomic E-state index is 14.5. The average molecular weight is 824 g/mol. The van der Waals surface area contributed by atoms with Crippen LogP contribution in [0.2, 0.25) is 0 Å². The van der Waals surface area contributed by atoms with E-state index in [4.69, 9.17) is 28.4 Å². The smallest absolute Gasteiger partial charge is 0.338 e. The number of ether oxygens (including phenoxy) is 6. The van der Waals surface area contributed by atoms with Gasteiger partial charge < -0.3 is 38.6 Å². The first-order valence-electron chi connectivity index (χ1n) is 23.0. The zero-order valence-corrected chi connectivity index (χ0v) is 36.7. The van der Waals surface area contributed by atoms with Crippen LogP contribution in [0.25, 0.3) is 0 Å². The van der Waals surface area contributed by atoms with Gasteiger partial charge in [-0.1, -0.05) is 82.7 Å². The number of benzene rings is 1. The molecule has 1 saturated heterocycles. The number of rotatable bonds is 22. The fourth-order valence-electron chi connectivity index (χ4n) is 14.3. The lowest BCUT2D eigenvalue weighted by Crippen LogP contribution is -2.81. The molecule has 6 aliphatic rings. The molecule has 1 heterocycles. The van der Waals surface area contributed by atoms with Gasteiger partial charge in [-0.05, 0) is 76.0 Å². The molecule has 1 unspecified atom stereocenters. The van der Waals surface area contributed by atoms with Crippen molar-refractivity contribution in [2.24, 2.45) is 34.5 Å². The van der Waals surface area contributed by atoms with Crippen molar-refractivity contribution in [3.05, 3.63) is 48.0 Å². The maximum Gasteiger partial charge on any atom is 0.338 e. The summed E-state index contributed by atoms with van der Waals surface area (Å²) in [5.74, 6) is -2.80. The number of hydrogen-bond donors (Lipinski definition) is 2. The number of piperidine rings is 1. The zero-order chi connectivity index (χ0) is 42.0. The van der Waals surface area contributed by atoms with Gasteiger partial charge in [-0.15, -0.1) is 0 Å². The summed E-state index contributed by atoms with van der Waals surface area (Å²) in [5, 5.41) is 26.1. The van der Waals surface area contributed by atoms with Crippen molar-refractivity contribution in [3.63, 3.8) is 0 Å². The third kappa shape index (κ3) is 7.14. The molecule has 5 aliphatic carbocycles. The van der Waals surface area contributed by atoms with Gasteiger partial charge in [0.2, 0.25) is 0 Å². The third-order valence-electron chi connectivity index (χ3n) is 16.2. The zero-order valence-electron chi connectivity index (χ0n) is 36.7. The normalized spacial score (nSPS) is 40.4. The largest absolute Gasteiger partial charge is 0.455 e. The van der Waals surface area contributed by atoms with Gasteiger partial charge in [0, 0.05) is 76.0 Å². The molecule has 0 aromatic heterocycles. The summed E-state index contributed by atoms with van der Waals surface area (Å²) >= 11 is 0. The van der Waals surface area contributed by atoms with Crippen LogP contribution in [0.4, 0.5) is 0 Å². The molecule has 11 heteroatoms. The molecule has 330 valence electrons. The van der Waals surface area contributed by atoms with Crippen LogP contribution in [0.3, 0.4) is 0 Å². The lowest BCUT2D eigenvalue weighted by molar-refractivity contribution is -0.318. The fraction of sp³-hybridized carbons (Fsp3) is 0.792.